The highest BCUT2D eigenvalue weighted by Gasteiger charge is 2.32. The fourth-order valence-electron chi connectivity index (χ4n) is 1.86. The normalized spacial score (nSPS) is 16.0. The number of pyridine rings is 1. The molecule has 0 aliphatic heterocycles. The van der Waals surface area contributed by atoms with Crippen molar-refractivity contribution in [2.45, 2.75) is 25.3 Å². The molecule has 6 nitrogen and oxygen atoms in total. The molecule has 1 saturated carbocycles. The first-order chi connectivity index (χ1) is 8.56. The van der Waals surface area contributed by atoms with Crippen LogP contribution in [0.5, 0.6) is 0 Å². The Labute approximate surface area is 104 Å². The van der Waals surface area contributed by atoms with Crippen LogP contribution in [0.25, 0.3) is 0 Å². The Bertz CT molecular complexity index is 471. The number of nitrogens with two attached hydrogens (primary N) is 1. The SMILES string of the molecule is NC(=O)c1cccc(NC(CC(=O)O)C2CC2)n1. The quantitative estimate of drug-likeness (QED) is 0.693. The Kier molecular flexibility index (Phi) is 3.45. The van der Waals surface area contributed by atoms with Gasteiger partial charge in [0.2, 0.25) is 0 Å². The molecule has 0 aromatic carbocycles. The summed E-state index contributed by atoms with van der Waals surface area (Å²) in [7, 11) is 0. The van der Waals surface area contributed by atoms with Crippen molar-refractivity contribution < 1.29 is 14.7 Å². The van der Waals surface area contributed by atoms with Gasteiger partial charge in [0.05, 0.1) is 6.42 Å². The standard InChI is InChI=1S/C12H15N3O3/c13-12(18)8-2-1-3-10(14-8)15-9(6-11(16)17)7-4-5-7/h1-3,7,9H,4-6H2,(H2,13,18)(H,14,15)(H,16,17). The second-order valence-electron chi connectivity index (χ2n) is 4.46. The fourth-order valence-corrected chi connectivity index (χ4v) is 1.86. The molecule has 1 amide bonds. The highest BCUT2D eigenvalue weighted by Crippen LogP contribution is 2.35. The van der Waals surface area contributed by atoms with Gasteiger partial charge in [-0.2, -0.15) is 0 Å². The molecule has 1 unspecified atom stereocenters. The minimum absolute atomic E-state index is 0.0488. The van der Waals surface area contributed by atoms with Crippen molar-refractivity contribution in [2.75, 3.05) is 5.32 Å². The van der Waals surface area contributed by atoms with Crippen LogP contribution < -0.4 is 11.1 Å². The molecule has 6 heteroatoms. The van der Waals surface area contributed by atoms with Crippen LogP contribution in [0.4, 0.5) is 5.82 Å². The van der Waals surface area contributed by atoms with Gasteiger partial charge in [0.25, 0.3) is 5.91 Å². The van der Waals surface area contributed by atoms with Crippen molar-refractivity contribution in [3.05, 3.63) is 23.9 Å². The second kappa shape index (κ2) is 5.03. The first-order valence-corrected chi connectivity index (χ1v) is 5.81. The molecule has 1 aromatic rings. The van der Waals surface area contributed by atoms with E-state index in [1.807, 2.05) is 0 Å². The van der Waals surface area contributed by atoms with E-state index in [2.05, 4.69) is 10.3 Å². The Morgan fingerprint density at radius 1 is 1.50 bits per heavy atom. The fraction of sp³-hybridized carbons (Fsp3) is 0.417. The van der Waals surface area contributed by atoms with Crippen LogP contribution >= 0.6 is 0 Å². The molecule has 1 atom stereocenters. The number of hydrogen-bond donors (Lipinski definition) is 3. The summed E-state index contributed by atoms with van der Waals surface area (Å²) in [5.74, 6) is -0.574. The lowest BCUT2D eigenvalue weighted by Crippen LogP contribution is -2.26. The number of primary amides is 1. The van der Waals surface area contributed by atoms with Crippen LogP contribution in [0.2, 0.25) is 0 Å². The molecule has 0 spiro atoms. The number of nitrogens with one attached hydrogen (secondary N) is 1. The van der Waals surface area contributed by atoms with Gasteiger partial charge in [-0.05, 0) is 30.9 Å². The molecule has 1 fully saturated rings. The summed E-state index contributed by atoms with van der Waals surface area (Å²) in [6, 6.07) is 4.75. The lowest BCUT2D eigenvalue weighted by molar-refractivity contribution is -0.137. The molecule has 1 aromatic heterocycles. The largest absolute Gasteiger partial charge is 0.481 e. The number of carbonyl (C=O) groups excluding carboxylic acids is 1. The van der Waals surface area contributed by atoms with Gasteiger partial charge in [-0.25, -0.2) is 4.98 Å². The lowest BCUT2D eigenvalue weighted by Gasteiger charge is -2.16. The van der Waals surface area contributed by atoms with Crippen molar-refractivity contribution in [1.29, 1.82) is 0 Å². The monoisotopic (exact) mass is 249 g/mol. The predicted molar refractivity (Wildman–Crippen MR) is 65.1 cm³/mol. The van der Waals surface area contributed by atoms with Gasteiger partial charge >= 0.3 is 5.97 Å². The Morgan fingerprint density at radius 2 is 2.22 bits per heavy atom. The molecule has 0 radical (unpaired) electrons. The number of carbonyl (C=O) groups is 2. The van der Waals surface area contributed by atoms with Crippen LogP contribution in [0.3, 0.4) is 0 Å². The van der Waals surface area contributed by atoms with E-state index >= 15 is 0 Å². The number of aliphatic carboxylic acids is 1. The third-order valence-electron chi connectivity index (χ3n) is 2.92. The van der Waals surface area contributed by atoms with Gasteiger partial charge in [0.15, 0.2) is 0 Å². The first kappa shape index (κ1) is 12.3. The maximum atomic E-state index is 11.0. The third kappa shape index (κ3) is 3.19. The van der Waals surface area contributed by atoms with Crippen molar-refractivity contribution in [3.63, 3.8) is 0 Å². The lowest BCUT2D eigenvalue weighted by atomic mass is 10.1. The van der Waals surface area contributed by atoms with Gasteiger partial charge in [-0.1, -0.05) is 6.07 Å². The van der Waals surface area contributed by atoms with Crippen LogP contribution in [0.1, 0.15) is 29.8 Å². The summed E-state index contributed by atoms with van der Waals surface area (Å²) in [6.45, 7) is 0. The maximum Gasteiger partial charge on any atom is 0.305 e. The summed E-state index contributed by atoms with van der Waals surface area (Å²) in [6.07, 6.45) is 2.11. The van der Waals surface area contributed by atoms with Gasteiger partial charge in [-0.15, -0.1) is 0 Å². The molecule has 1 heterocycles. The van der Waals surface area contributed by atoms with E-state index in [0.717, 1.165) is 12.8 Å². The van der Waals surface area contributed by atoms with E-state index in [-0.39, 0.29) is 18.2 Å². The average Bonchev–Trinajstić information content (AvgIpc) is 3.11. The van der Waals surface area contributed by atoms with Gasteiger partial charge in [0, 0.05) is 6.04 Å². The Morgan fingerprint density at radius 3 is 2.78 bits per heavy atom. The topological polar surface area (TPSA) is 105 Å². The number of hydrogen-bond acceptors (Lipinski definition) is 4. The van der Waals surface area contributed by atoms with E-state index in [0.29, 0.717) is 11.7 Å². The van der Waals surface area contributed by atoms with E-state index in [1.165, 1.54) is 6.07 Å². The average molecular weight is 249 g/mol. The molecular formula is C12H15N3O3. The first-order valence-electron chi connectivity index (χ1n) is 5.81. The van der Waals surface area contributed by atoms with Crippen molar-refractivity contribution >= 4 is 17.7 Å². The maximum absolute atomic E-state index is 11.0. The summed E-state index contributed by atoms with van der Waals surface area (Å²) in [5.41, 5.74) is 5.31. The minimum Gasteiger partial charge on any atom is -0.481 e. The highest BCUT2D eigenvalue weighted by atomic mass is 16.4. The molecule has 1 aliphatic rings. The summed E-state index contributed by atoms with van der Waals surface area (Å²) in [4.78, 5) is 25.8. The van der Waals surface area contributed by atoms with Crippen LogP contribution in [-0.2, 0) is 4.79 Å². The van der Waals surface area contributed by atoms with E-state index in [9.17, 15) is 9.59 Å². The number of carboxylic acids is 1. The molecule has 2 rings (SSSR count). The molecule has 4 N–H and O–H groups in total. The van der Waals surface area contributed by atoms with E-state index in [4.69, 9.17) is 10.8 Å². The predicted octanol–water partition coefficient (Wildman–Crippen LogP) is 0.846. The molecule has 0 saturated heterocycles. The molecule has 0 bridgehead atoms. The van der Waals surface area contributed by atoms with Gasteiger partial charge in [0.1, 0.15) is 11.5 Å². The second-order valence-corrected chi connectivity index (χ2v) is 4.46. The number of carboxylic acid groups (broad SMARTS) is 1. The van der Waals surface area contributed by atoms with Crippen molar-refractivity contribution in [2.24, 2.45) is 11.7 Å². The molecular weight excluding hydrogens is 234 g/mol. The zero-order valence-corrected chi connectivity index (χ0v) is 9.80. The smallest absolute Gasteiger partial charge is 0.305 e. The molecule has 18 heavy (non-hydrogen) atoms. The Hall–Kier alpha value is -2.11. The van der Waals surface area contributed by atoms with Crippen molar-refractivity contribution in [3.8, 4) is 0 Å². The number of anilines is 1. The summed E-state index contributed by atoms with van der Waals surface area (Å²) >= 11 is 0. The zero-order chi connectivity index (χ0) is 13.1. The number of rotatable bonds is 6. The van der Waals surface area contributed by atoms with Crippen LogP contribution in [0.15, 0.2) is 18.2 Å². The number of nitrogens with zero attached hydrogens (tertiary/aromatic N) is 1. The van der Waals surface area contributed by atoms with Crippen LogP contribution in [-0.4, -0.2) is 28.0 Å². The van der Waals surface area contributed by atoms with Crippen molar-refractivity contribution in [1.82, 2.24) is 4.98 Å². The molecule has 96 valence electrons. The minimum atomic E-state index is -0.842. The van der Waals surface area contributed by atoms with Crippen LogP contribution in [0, 0.1) is 5.92 Å². The van der Waals surface area contributed by atoms with E-state index < -0.39 is 11.9 Å². The number of aromatic nitrogens is 1. The number of amides is 1. The van der Waals surface area contributed by atoms with E-state index in [1.54, 1.807) is 12.1 Å². The highest BCUT2D eigenvalue weighted by molar-refractivity contribution is 5.91. The summed E-state index contributed by atoms with van der Waals surface area (Å²) in [5, 5.41) is 11.9. The molecule has 1 aliphatic carbocycles. The van der Waals surface area contributed by atoms with Gasteiger partial charge < -0.3 is 16.2 Å². The third-order valence-corrected chi connectivity index (χ3v) is 2.92. The summed E-state index contributed by atoms with van der Waals surface area (Å²) < 4.78 is 0. The van der Waals surface area contributed by atoms with Gasteiger partial charge in [-0.3, -0.25) is 9.59 Å². The zero-order valence-electron chi connectivity index (χ0n) is 9.80. The Balaban J connectivity index is 2.08.